The van der Waals surface area contributed by atoms with Crippen LogP contribution in [-0.4, -0.2) is 6.03 Å². The molecule has 0 bridgehead atoms. The van der Waals surface area contributed by atoms with Crippen LogP contribution in [0.25, 0.3) is 0 Å². The fourth-order valence-corrected chi connectivity index (χ4v) is 2.38. The van der Waals surface area contributed by atoms with Crippen molar-refractivity contribution in [1.82, 2.24) is 0 Å². The monoisotopic (exact) mass is 283 g/mol. The molecule has 110 valence electrons. The first-order valence-electron chi connectivity index (χ1n) is 6.94. The Hall–Kier alpha value is -2.33. The van der Waals surface area contributed by atoms with Crippen LogP contribution in [0.2, 0.25) is 0 Å². The number of nitrogens with two attached hydrogens (primary N) is 1. The van der Waals surface area contributed by atoms with E-state index in [1.165, 1.54) is 5.56 Å². The summed E-state index contributed by atoms with van der Waals surface area (Å²) in [6.45, 7) is 6.52. The third-order valence-corrected chi connectivity index (χ3v) is 3.36. The molecule has 0 fully saturated rings. The molecule has 2 rings (SSSR count). The van der Waals surface area contributed by atoms with Gasteiger partial charge in [0.05, 0.1) is 0 Å². The number of amides is 2. The number of urea groups is 1. The van der Waals surface area contributed by atoms with Gasteiger partial charge < -0.3 is 16.4 Å². The van der Waals surface area contributed by atoms with Crippen LogP contribution in [0.3, 0.4) is 0 Å². The second-order valence-electron chi connectivity index (χ2n) is 5.25. The maximum Gasteiger partial charge on any atom is 0.323 e. The van der Waals surface area contributed by atoms with Gasteiger partial charge in [-0.1, -0.05) is 29.8 Å². The molecule has 0 radical (unpaired) electrons. The van der Waals surface area contributed by atoms with Crippen LogP contribution >= 0.6 is 0 Å². The molecule has 0 saturated heterocycles. The van der Waals surface area contributed by atoms with Gasteiger partial charge >= 0.3 is 6.03 Å². The van der Waals surface area contributed by atoms with Crippen molar-refractivity contribution in [3.63, 3.8) is 0 Å². The first-order valence-corrected chi connectivity index (χ1v) is 6.94. The minimum Gasteiger partial charge on any atom is -0.326 e. The Kier molecular flexibility index (Phi) is 4.60. The molecule has 0 aliphatic heterocycles. The number of rotatable bonds is 3. The van der Waals surface area contributed by atoms with E-state index >= 15 is 0 Å². The molecule has 2 amide bonds. The summed E-state index contributed by atoms with van der Waals surface area (Å²) in [6, 6.07) is 11.4. The second kappa shape index (κ2) is 6.41. The quantitative estimate of drug-likeness (QED) is 0.803. The Labute approximate surface area is 125 Å². The Morgan fingerprint density at radius 3 is 2.10 bits per heavy atom. The van der Waals surface area contributed by atoms with E-state index in [4.69, 9.17) is 5.73 Å². The topological polar surface area (TPSA) is 67.2 Å². The predicted molar refractivity (Wildman–Crippen MR) is 87.6 cm³/mol. The first kappa shape index (κ1) is 15.1. The van der Waals surface area contributed by atoms with Crippen LogP contribution in [0.4, 0.5) is 16.2 Å². The fraction of sp³-hybridized carbons (Fsp3) is 0.235. The lowest BCUT2D eigenvalue weighted by atomic mass is 10.1. The molecule has 0 spiro atoms. The van der Waals surface area contributed by atoms with Gasteiger partial charge in [-0.25, -0.2) is 4.79 Å². The van der Waals surface area contributed by atoms with Crippen LogP contribution in [-0.2, 0) is 6.54 Å². The molecule has 0 atom stereocenters. The summed E-state index contributed by atoms with van der Waals surface area (Å²) in [7, 11) is 0. The maximum absolute atomic E-state index is 12.1. The highest BCUT2D eigenvalue weighted by molar-refractivity contribution is 6.00. The molecule has 0 aliphatic carbocycles. The zero-order chi connectivity index (χ0) is 15.4. The number of carbonyl (C=O) groups is 1. The number of hydrogen-bond acceptors (Lipinski definition) is 2. The zero-order valence-electron chi connectivity index (χ0n) is 12.7. The summed E-state index contributed by atoms with van der Waals surface area (Å²) in [5.74, 6) is 0. The Balaban J connectivity index is 2.08. The lowest BCUT2D eigenvalue weighted by molar-refractivity contribution is 0.262. The highest BCUT2D eigenvalue weighted by Crippen LogP contribution is 2.22. The Morgan fingerprint density at radius 1 is 1.00 bits per heavy atom. The van der Waals surface area contributed by atoms with Crippen molar-refractivity contribution in [2.75, 3.05) is 10.6 Å². The molecule has 2 aromatic carbocycles. The van der Waals surface area contributed by atoms with E-state index in [0.717, 1.165) is 28.1 Å². The minimum atomic E-state index is -0.245. The zero-order valence-corrected chi connectivity index (χ0v) is 12.7. The minimum absolute atomic E-state index is 0.245. The van der Waals surface area contributed by atoms with Crippen LogP contribution in [0, 0.1) is 20.8 Å². The average molecular weight is 283 g/mol. The molecular weight excluding hydrogens is 262 g/mol. The van der Waals surface area contributed by atoms with Gasteiger partial charge in [-0.3, -0.25) is 0 Å². The SMILES string of the molecule is Cc1cc(C)c(NC(=O)Nc2ccc(CN)cc2)c(C)c1. The van der Waals surface area contributed by atoms with Crippen molar-refractivity contribution in [3.8, 4) is 0 Å². The normalized spacial score (nSPS) is 10.3. The summed E-state index contributed by atoms with van der Waals surface area (Å²) in [6.07, 6.45) is 0. The molecule has 0 aromatic heterocycles. The molecule has 4 N–H and O–H groups in total. The standard InChI is InChI=1S/C17H21N3O/c1-11-8-12(2)16(13(3)9-11)20-17(21)19-15-6-4-14(10-18)5-7-15/h4-9H,10,18H2,1-3H3,(H2,19,20,21). The third-order valence-electron chi connectivity index (χ3n) is 3.36. The summed E-state index contributed by atoms with van der Waals surface area (Å²) in [4.78, 5) is 12.1. The largest absolute Gasteiger partial charge is 0.326 e. The van der Waals surface area contributed by atoms with Crippen LogP contribution in [0.1, 0.15) is 22.3 Å². The molecule has 0 saturated carbocycles. The van der Waals surface area contributed by atoms with E-state index in [1.54, 1.807) is 0 Å². The maximum atomic E-state index is 12.1. The van der Waals surface area contributed by atoms with E-state index in [2.05, 4.69) is 22.8 Å². The second-order valence-corrected chi connectivity index (χ2v) is 5.25. The van der Waals surface area contributed by atoms with Crippen LogP contribution < -0.4 is 16.4 Å². The molecule has 0 unspecified atom stereocenters. The molecule has 4 nitrogen and oxygen atoms in total. The number of hydrogen-bond donors (Lipinski definition) is 3. The molecule has 0 aliphatic rings. The van der Waals surface area contributed by atoms with E-state index in [-0.39, 0.29) is 6.03 Å². The number of aryl methyl sites for hydroxylation is 3. The average Bonchev–Trinajstić information content (AvgIpc) is 2.43. The van der Waals surface area contributed by atoms with Crippen molar-refractivity contribution < 1.29 is 4.79 Å². The molecule has 21 heavy (non-hydrogen) atoms. The Morgan fingerprint density at radius 2 is 1.57 bits per heavy atom. The van der Waals surface area contributed by atoms with Crippen molar-refractivity contribution in [2.45, 2.75) is 27.3 Å². The third kappa shape index (κ3) is 3.83. The van der Waals surface area contributed by atoms with E-state index in [9.17, 15) is 4.79 Å². The number of carbonyl (C=O) groups excluding carboxylic acids is 1. The van der Waals surface area contributed by atoms with Gasteiger partial charge in [0.2, 0.25) is 0 Å². The van der Waals surface area contributed by atoms with Crippen molar-refractivity contribution in [1.29, 1.82) is 0 Å². The van der Waals surface area contributed by atoms with Crippen LogP contribution in [0.5, 0.6) is 0 Å². The molecule has 2 aromatic rings. The van der Waals surface area contributed by atoms with Crippen molar-refractivity contribution in [3.05, 3.63) is 58.7 Å². The summed E-state index contributed by atoms with van der Waals surface area (Å²) >= 11 is 0. The van der Waals surface area contributed by atoms with Crippen LogP contribution in [0.15, 0.2) is 36.4 Å². The molecule has 4 heteroatoms. The fourth-order valence-electron chi connectivity index (χ4n) is 2.38. The molecular formula is C17H21N3O. The lowest BCUT2D eigenvalue weighted by Gasteiger charge is -2.13. The van der Waals surface area contributed by atoms with Gasteiger partial charge in [0.25, 0.3) is 0 Å². The predicted octanol–water partition coefficient (Wildman–Crippen LogP) is 3.71. The number of benzene rings is 2. The van der Waals surface area contributed by atoms with Crippen molar-refractivity contribution >= 4 is 17.4 Å². The van der Waals surface area contributed by atoms with Gasteiger partial charge in [0.1, 0.15) is 0 Å². The lowest BCUT2D eigenvalue weighted by Crippen LogP contribution is -2.20. The molecule has 0 heterocycles. The number of anilines is 2. The highest BCUT2D eigenvalue weighted by atomic mass is 16.2. The Bertz CT molecular complexity index is 625. The van der Waals surface area contributed by atoms with Gasteiger partial charge in [0, 0.05) is 17.9 Å². The smallest absolute Gasteiger partial charge is 0.323 e. The van der Waals surface area contributed by atoms with E-state index in [0.29, 0.717) is 6.54 Å². The van der Waals surface area contributed by atoms with Gasteiger partial charge in [-0.05, 0) is 49.6 Å². The van der Waals surface area contributed by atoms with Gasteiger partial charge in [0.15, 0.2) is 0 Å². The van der Waals surface area contributed by atoms with E-state index < -0.39 is 0 Å². The highest BCUT2D eigenvalue weighted by Gasteiger charge is 2.08. The van der Waals surface area contributed by atoms with E-state index in [1.807, 2.05) is 45.0 Å². The van der Waals surface area contributed by atoms with Crippen molar-refractivity contribution in [2.24, 2.45) is 5.73 Å². The van der Waals surface area contributed by atoms with Gasteiger partial charge in [-0.2, -0.15) is 0 Å². The van der Waals surface area contributed by atoms with Gasteiger partial charge in [-0.15, -0.1) is 0 Å². The first-order chi connectivity index (χ1) is 9.99. The summed E-state index contributed by atoms with van der Waals surface area (Å²) in [5, 5.41) is 5.73. The number of nitrogens with one attached hydrogen (secondary N) is 2. The summed E-state index contributed by atoms with van der Waals surface area (Å²) in [5.41, 5.74) is 11.5. The summed E-state index contributed by atoms with van der Waals surface area (Å²) < 4.78 is 0.